The fraction of sp³-hybridized carbons (Fsp3) is 0.400. The van der Waals surface area contributed by atoms with Crippen LogP contribution in [0, 0.1) is 5.92 Å². The Kier molecular flexibility index (Phi) is 4.34. The van der Waals surface area contributed by atoms with Crippen molar-refractivity contribution in [1.82, 2.24) is 4.90 Å². The first kappa shape index (κ1) is 16.3. The van der Waals surface area contributed by atoms with Crippen LogP contribution in [0.3, 0.4) is 0 Å². The van der Waals surface area contributed by atoms with Gasteiger partial charge in [0.05, 0.1) is 11.5 Å². The zero-order valence-electron chi connectivity index (χ0n) is 14.0. The first-order valence-corrected chi connectivity index (χ1v) is 9.69. The first-order chi connectivity index (χ1) is 12.1. The Morgan fingerprint density at radius 3 is 2.60 bits per heavy atom. The van der Waals surface area contributed by atoms with E-state index in [0.29, 0.717) is 13.1 Å². The summed E-state index contributed by atoms with van der Waals surface area (Å²) in [7, 11) is 0. The van der Waals surface area contributed by atoms with Gasteiger partial charge in [0.25, 0.3) is 5.91 Å². The molecule has 4 rings (SSSR count). The number of carbonyl (C=O) groups excluding carboxylic acids is 1. The van der Waals surface area contributed by atoms with Crippen LogP contribution in [-0.2, 0) is 17.6 Å². The topological polar surface area (TPSA) is 57.6 Å². The van der Waals surface area contributed by atoms with E-state index >= 15 is 0 Å². The molecule has 4 nitrogen and oxygen atoms in total. The van der Waals surface area contributed by atoms with Gasteiger partial charge in [0.2, 0.25) is 0 Å². The van der Waals surface area contributed by atoms with Gasteiger partial charge in [0, 0.05) is 29.3 Å². The zero-order valence-corrected chi connectivity index (χ0v) is 14.8. The summed E-state index contributed by atoms with van der Waals surface area (Å²) in [4.78, 5) is 27.9. The molecule has 1 aliphatic heterocycles. The summed E-state index contributed by atoms with van der Waals surface area (Å²) in [5.74, 6) is -1.50. The molecule has 1 saturated heterocycles. The van der Waals surface area contributed by atoms with Crippen LogP contribution in [0.15, 0.2) is 35.7 Å². The first-order valence-electron chi connectivity index (χ1n) is 8.81. The molecule has 130 valence electrons. The van der Waals surface area contributed by atoms with E-state index in [1.165, 1.54) is 16.9 Å². The lowest BCUT2D eigenvalue weighted by molar-refractivity contribution is -0.141. The average Bonchev–Trinajstić information content (AvgIpc) is 3.27. The fourth-order valence-corrected chi connectivity index (χ4v) is 5.22. The summed E-state index contributed by atoms with van der Waals surface area (Å²) < 4.78 is 0. The molecule has 2 heterocycles. The summed E-state index contributed by atoms with van der Waals surface area (Å²) in [5, 5.41) is 11.6. The lowest BCUT2D eigenvalue weighted by Gasteiger charge is -2.18. The number of benzene rings is 1. The van der Waals surface area contributed by atoms with Crippen molar-refractivity contribution >= 4 is 23.2 Å². The SMILES string of the molecule is O=C(O)[C@@H]1CN(C(=O)c2csc3c2CCCC3)C[C@@H]1c1ccccc1. The molecule has 0 radical (unpaired) electrons. The predicted octanol–water partition coefficient (Wildman–Crippen LogP) is 3.57. The normalized spacial score (nSPS) is 22.6. The number of carbonyl (C=O) groups is 2. The Bertz CT molecular complexity index is 799. The van der Waals surface area contributed by atoms with E-state index < -0.39 is 11.9 Å². The van der Waals surface area contributed by atoms with Crippen molar-refractivity contribution in [2.45, 2.75) is 31.6 Å². The molecule has 1 aromatic carbocycles. The van der Waals surface area contributed by atoms with Gasteiger partial charge in [-0.15, -0.1) is 11.3 Å². The zero-order chi connectivity index (χ0) is 17.4. The molecule has 1 N–H and O–H groups in total. The van der Waals surface area contributed by atoms with Gasteiger partial charge in [0.15, 0.2) is 0 Å². The second kappa shape index (κ2) is 6.64. The summed E-state index contributed by atoms with van der Waals surface area (Å²) in [6, 6.07) is 9.69. The molecule has 0 spiro atoms. The number of rotatable bonds is 3. The maximum Gasteiger partial charge on any atom is 0.308 e. The highest BCUT2D eigenvalue weighted by atomic mass is 32.1. The van der Waals surface area contributed by atoms with Crippen molar-refractivity contribution in [3.8, 4) is 0 Å². The quantitative estimate of drug-likeness (QED) is 0.916. The van der Waals surface area contributed by atoms with E-state index in [4.69, 9.17) is 0 Å². The molecule has 1 amide bonds. The fourth-order valence-electron chi connectivity index (χ4n) is 4.10. The Labute approximate surface area is 151 Å². The van der Waals surface area contributed by atoms with E-state index in [1.54, 1.807) is 16.2 Å². The lowest BCUT2D eigenvalue weighted by atomic mass is 9.89. The van der Waals surface area contributed by atoms with Crippen LogP contribution in [0.25, 0.3) is 0 Å². The highest BCUT2D eigenvalue weighted by molar-refractivity contribution is 7.10. The van der Waals surface area contributed by atoms with Crippen molar-refractivity contribution < 1.29 is 14.7 Å². The predicted molar refractivity (Wildman–Crippen MR) is 97.2 cm³/mol. The van der Waals surface area contributed by atoms with Crippen LogP contribution < -0.4 is 0 Å². The third-order valence-corrected chi connectivity index (χ3v) is 6.53. The molecule has 5 heteroatoms. The van der Waals surface area contributed by atoms with E-state index in [0.717, 1.165) is 30.4 Å². The monoisotopic (exact) mass is 355 g/mol. The van der Waals surface area contributed by atoms with Gasteiger partial charge in [-0.3, -0.25) is 9.59 Å². The molecule has 1 aromatic heterocycles. The Morgan fingerprint density at radius 1 is 1.08 bits per heavy atom. The summed E-state index contributed by atoms with van der Waals surface area (Å²) >= 11 is 1.68. The Morgan fingerprint density at radius 2 is 1.84 bits per heavy atom. The van der Waals surface area contributed by atoms with Crippen molar-refractivity contribution in [2.24, 2.45) is 5.92 Å². The smallest absolute Gasteiger partial charge is 0.308 e. The third-order valence-electron chi connectivity index (χ3n) is 5.44. The average molecular weight is 355 g/mol. The molecule has 1 fully saturated rings. The summed E-state index contributed by atoms with van der Waals surface area (Å²) in [6.45, 7) is 0.767. The van der Waals surface area contributed by atoms with Gasteiger partial charge in [-0.25, -0.2) is 0 Å². The number of thiophene rings is 1. The number of hydrogen-bond donors (Lipinski definition) is 1. The number of nitrogens with zero attached hydrogens (tertiary/aromatic N) is 1. The minimum absolute atomic E-state index is 0.00378. The number of aryl methyl sites for hydroxylation is 1. The standard InChI is InChI=1S/C20H21NO3S/c22-19(17-12-25-18-9-5-4-8-14(17)18)21-10-15(16(11-21)20(23)24)13-6-2-1-3-7-13/h1-3,6-7,12,15-16H,4-5,8-11H2,(H,23,24)/t15-,16-/m1/s1. The number of likely N-dealkylation sites (tertiary alicyclic amines) is 1. The molecule has 0 saturated carbocycles. The van der Waals surface area contributed by atoms with Crippen LogP contribution in [0.4, 0.5) is 0 Å². The van der Waals surface area contributed by atoms with Crippen LogP contribution in [-0.4, -0.2) is 35.0 Å². The maximum absolute atomic E-state index is 13.1. The minimum Gasteiger partial charge on any atom is -0.481 e. The molecule has 0 bridgehead atoms. The molecule has 0 unspecified atom stereocenters. The van der Waals surface area contributed by atoms with Crippen molar-refractivity contribution in [3.05, 3.63) is 57.3 Å². The van der Waals surface area contributed by atoms with Gasteiger partial charge in [-0.05, 0) is 36.8 Å². The highest BCUT2D eigenvalue weighted by Crippen LogP contribution is 2.36. The molecule has 25 heavy (non-hydrogen) atoms. The van der Waals surface area contributed by atoms with Gasteiger partial charge < -0.3 is 10.0 Å². The number of carboxylic acids is 1. The molecule has 2 atom stereocenters. The Hall–Kier alpha value is -2.14. The van der Waals surface area contributed by atoms with E-state index in [1.807, 2.05) is 35.7 Å². The number of hydrogen-bond acceptors (Lipinski definition) is 3. The van der Waals surface area contributed by atoms with Gasteiger partial charge in [0.1, 0.15) is 0 Å². The molecular formula is C20H21NO3S. The highest BCUT2D eigenvalue weighted by Gasteiger charge is 2.41. The largest absolute Gasteiger partial charge is 0.481 e. The maximum atomic E-state index is 13.1. The van der Waals surface area contributed by atoms with Crippen LogP contribution in [0.1, 0.15) is 45.1 Å². The van der Waals surface area contributed by atoms with E-state index in [9.17, 15) is 14.7 Å². The number of amides is 1. The molecule has 1 aliphatic carbocycles. The minimum atomic E-state index is -0.823. The van der Waals surface area contributed by atoms with Crippen molar-refractivity contribution in [2.75, 3.05) is 13.1 Å². The molecular weight excluding hydrogens is 334 g/mol. The van der Waals surface area contributed by atoms with E-state index in [2.05, 4.69) is 0 Å². The van der Waals surface area contributed by atoms with E-state index in [-0.39, 0.29) is 11.8 Å². The number of aliphatic carboxylic acids is 1. The van der Waals surface area contributed by atoms with Crippen molar-refractivity contribution in [3.63, 3.8) is 0 Å². The lowest BCUT2D eigenvalue weighted by Crippen LogP contribution is -2.30. The number of carboxylic acid groups (broad SMARTS) is 1. The summed E-state index contributed by atoms with van der Waals surface area (Å²) in [6.07, 6.45) is 4.37. The Balaban J connectivity index is 1.60. The van der Waals surface area contributed by atoms with Gasteiger partial charge in [-0.2, -0.15) is 0 Å². The molecule has 2 aliphatic rings. The van der Waals surface area contributed by atoms with Crippen molar-refractivity contribution in [1.29, 1.82) is 0 Å². The van der Waals surface area contributed by atoms with Gasteiger partial charge in [-0.1, -0.05) is 30.3 Å². The van der Waals surface area contributed by atoms with Crippen LogP contribution >= 0.6 is 11.3 Å². The summed E-state index contributed by atoms with van der Waals surface area (Å²) in [5.41, 5.74) is 3.01. The molecule has 2 aromatic rings. The van der Waals surface area contributed by atoms with Crippen LogP contribution in [0.2, 0.25) is 0 Å². The third kappa shape index (κ3) is 2.97. The second-order valence-electron chi connectivity index (χ2n) is 6.93. The van der Waals surface area contributed by atoms with Gasteiger partial charge >= 0.3 is 5.97 Å². The number of fused-ring (bicyclic) bond motifs is 1. The van der Waals surface area contributed by atoms with Crippen LogP contribution in [0.5, 0.6) is 0 Å². The second-order valence-corrected chi connectivity index (χ2v) is 7.89.